The second kappa shape index (κ2) is 4.71. The van der Waals surface area contributed by atoms with E-state index < -0.39 is 10.0 Å². The number of nitriles is 1. The van der Waals surface area contributed by atoms with Crippen molar-refractivity contribution in [3.63, 3.8) is 0 Å². The first kappa shape index (κ1) is 13.1. The topological polar surface area (TPSA) is 79.0 Å². The number of sulfonamides is 1. The number of piperidine rings is 1. The third-order valence-corrected chi connectivity index (χ3v) is 5.10. The summed E-state index contributed by atoms with van der Waals surface area (Å²) in [6.45, 7) is 2.56. The van der Waals surface area contributed by atoms with Crippen LogP contribution in [0.4, 0.5) is 0 Å². The molecule has 1 aliphatic rings. The Bertz CT molecular complexity index is 557. The van der Waals surface area contributed by atoms with Crippen LogP contribution in [0.15, 0.2) is 11.2 Å². The molecule has 0 amide bonds. The Morgan fingerprint density at radius 1 is 1.44 bits per heavy atom. The van der Waals surface area contributed by atoms with Gasteiger partial charge in [0, 0.05) is 32.3 Å². The molecule has 6 nitrogen and oxygen atoms in total. The van der Waals surface area contributed by atoms with Gasteiger partial charge < -0.3 is 4.57 Å². The minimum absolute atomic E-state index is 0.0260. The zero-order chi connectivity index (χ0) is 13.3. The molecule has 98 valence electrons. The summed E-state index contributed by atoms with van der Waals surface area (Å²) in [6, 6.07) is 2.19. The second-order valence-electron chi connectivity index (χ2n) is 4.54. The lowest BCUT2D eigenvalue weighted by atomic mass is 10.0. The van der Waals surface area contributed by atoms with Gasteiger partial charge in [0.15, 0.2) is 5.03 Å². The van der Waals surface area contributed by atoms with Crippen LogP contribution >= 0.6 is 0 Å². The number of hydrogen-bond donors (Lipinski definition) is 0. The van der Waals surface area contributed by atoms with Crippen molar-refractivity contribution in [1.29, 1.82) is 5.26 Å². The van der Waals surface area contributed by atoms with Gasteiger partial charge in [-0.15, -0.1) is 0 Å². The predicted octanol–water partition coefficient (Wildman–Crippen LogP) is 0.653. The highest BCUT2D eigenvalue weighted by molar-refractivity contribution is 7.89. The van der Waals surface area contributed by atoms with E-state index in [0.29, 0.717) is 31.8 Å². The highest BCUT2D eigenvalue weighted by Crippen LogP contribution is 2.22. The Hall–Kier alpha value is -1.39. The van der Waals surface area contributed by atoms with Gasteiger partial charge >= 0.3 is 0 Å². The van der Waals surface area contributed by atoms with Crippen LogP contribution < -0.4 is 0 Å². The fourth-order valence-electron chi connectivity index (χ4n) is 2.01. The summed E-state index contributed by atoms with van der Waals surface area (Å²) in [7, 11) is -1.74. The Morgan fingerprint density at radius 3 is 2.50 bits per heavy atom. The number of aryl methyl sites for hydroxylation is 2. The van der Waals surface area contributed by atoms with Crippen molar-refractivity contribution in [2.75, 3.05) is 13.1 Å². The average Bonchev–Trinajstić information content (AvgIpc) is 2.70. The standard InChI is InChI=1S/C11H16N4O2S/c1-9-13-11(8-14(9)2)18(16,17)15-5-3-10(7-12)4-6-15/h8,10H,3-6H2,1-2H3. The molecule has 1 saturated heterocycles. The zero-order valence-electron chi connectivity index (χ0n) is 10.5. The van der Waals surface area contributed by atoms with E-state index in [-0.39, 0.29) is 10.9 Å². The minimum atomic E-state index is -3.50. The van der Waals surface area contributed by atoms with Crippen molar-refractivity contribution in [3.05, 3.63) is 12.0 Å². The Labute approximate surface area is 107 Å². The molecule has 0 radical (unpaired) electrons. The molecule has 0 spiro atoms. The van der Waals surface area contributed by atoms with Crippen molar-refractivity contribution in [2.45, 2.75) is 24.8 Å². The maximum Gasteiger partial charge on any atom is 0.262 e. The van der Waals surface area contributed by atoms with Crippen LogP contribution in [-0.4, -0.2) is 35.4 Å². The molecule has 0 aromatic carbocycles. The summed E-state index contributed by atoms with van der Waals surface area (Å²) in [5, 5.41) is 8.90. The third-order valence-electron chi connectivity index (χ3n) is 3.33. The first-order valence-electron chi connectivity index (χ1n) is 5.85. The first-order valence-corrected chi connectivity index (χ1v) is 7.29. The molecule has 1 fully saturated rings. The normalized spacial score (nSPS) is 18.7. The Morgan fingerprint density at radius 2 is 2.06 bits per heavy atom. The van der Waals surface area contributed by atoms with E-state index in [1.165, 1.54) is 10.5 Å². The van der Waals surface area contributed by atoms with Crippen LogP contribution in [-0.2, 0) is 17.1 Å². The fourth-order valence-corrected chi connectivity index (χ4v) is 3.50. The van der Waals surface area contributed by atoms with Crippen LogP contribution in [0.3, 0.4) is 0 Å². The maximum absolute atomic E-state index is 12.3. The number of aromatic nitrogens is 2. The zero-order valence-corrected chi connectivity index (χ0v) is 11.3. The molecule has 0 aliphatic carbocycles. The van der Waals surface area contributed by atoms with Gasteiger partial charge in [-0.1, -0.05) is 0 Å². The summed E-state index contributed by atoms with van der Waals surface area (Å²) >= 11 is 0. The van der Waals surface area contributed by atoms with Gasteiger partial charge in [0.25, 0.3) is 10.0 Å². The molecule has 1 aromatic heterocycles. The van der Waals surface area contributed by atoms with Gasteiger partial charge in [-0.2, -0.15) is 9.57 Å². The van der Waals surface area contributed by atoms with E-state index >= 15 is 0 Å². The molecule has 7 heteroatoms. The first-order chi connectivity index (χ1) is 8.45. The summed E-state index contributed by atoms with van der Waals surface area (Å²) in [4.78, 5) is 4.06. The van der Waals surface area contributed by atoms with Gasteiger partial charge in [-0.25, -0.2) is 13.4 Å². The molecular weight excluding hydrogens is 252 g/mol. The smallest absolute Gasteiger partial charge is 0.262 e. The lowest BCUT2D eigenvalue weighted by Crippen LogP contribution is -2.38. The molecule has 0 unspecified atom stereocenters. The predicted molar refractivity (Wildman–Crippen MR) is 65.0 cm³/mol. The van der Waals surface area contributed by atoms with Gasteiger partial charge in [0.1, 0.15) is 5.82 Å². The van der Waals surface area contributed by atoms with Crippen LogP contribution in [0, 0.1) is 24.2 Å². The van der Waals surface area contributed by atoms with Crippen molar-refractivity contribution in [3.8, 4) is 6.07 Å². The van der Waals surface area contributed by atoms with Gasteiger partial charge in [-0.05, 0) is 19.8 Å². The summed E-state index contributed by atoms with van der Waals surface area (Å²) in [6.07, 6.45) is 2.73. The van der Waals surface area contributed by atoms with Gasteiger partial charge in [0.05, 0.1) is 6.07 Å². The lowest BCUT2D eigenvalue weighted by molar-refractivity contribution is 0.309. The van der Waals surface area contributed by atoms with Crippen LogP contribution in [0.2, 0.25) is 0 Å². The molecule has 1 aliphatic heterocycles. The van der Waals surface area contributed by atoms with Crippen LogP contribution in [0.1, 0.15) is 18.7 Å². The fraction of sp³-hybridized carbons (Fsp3) is 0.636. The highest BCUT2D eigenvalue weighted by atomic mass is 32.2. The van der Waals surface area contributed by atoms with Crippen molar-refractivity contribution in [2.24, 2.45) is 13.0 Å². The van der Waals surface area contributed by atoms with Crippen molar-refractivity contribution < 1.29 is 8.42 Å². The largest absolute Gasteiger partial charge is 0.337 e. The number of nitrogens with zero attached hydrogens (tertiary/aromatic N) is 4. The van der Waals surface area contributed by atoms with E-state index in [1.54, 1.807) is 18.5 Å². The molecule has 18 heavy (non-hydrogen) atoms. The molecule has 0 bridgehead atoms. The third kappa shape index (κ3) is 2.26. The molecule has 1 aromatic rings. The SMILES string of the molecule is Cc1nc(S(=O)(=O)N2CCC(C#N)CC2)cn1C. The Kier molecular flexibility index (Phi) is 3.41. The van der Waals surface area contributed by atoms with E-state index in [2.05, 4.69) is 11.1 Å². The summed E-state index contributed by atoms with van der Waals surface area (Å²) in [5.41, 5.74) is 0. The van der Waals surface area contributed by atoms with Crippen molar-refractivity contribution in [1.82, 2.24) is 13.9 Å². The average molecular weight is 268 g/mol. The summed E-state index contributed by atoms with van der Waals surface area (Å²) in [5.74, 6) is 0.641. The van der Waals surface area contributed by atoms with E-state index in [1.807, 2.05) is 0 Å². The van der Waals surface area contributed by atoms with Crippen molar-refractivity contribution >= 4 is 10.0 Å². The molecule has 2 heterocycles. The molecule has 0 atom stereocenters. The monoisotopic (exact) mass is 268 g/mol. The van der Waals surface area contributed by atoms with Gasteiger partial charge in [-0.3, -0.25) is 0 Å². The maximum atomic E-state index is 12.3. The number of imidazole rings is 1. The molecule has 0 saturated carbocycles. The molecule has 2 rings (SSSR count). The second-order valence-corrected chi connectivity index (χ2v) is 6.43. The number of rotatable bonds is 2. The highest BCUT2D eigenvalue weighted by Gasteiger charge is 2.31. The van der Waals surface area contributed by atoms with E-state index in [9.17, 15) is 8.42 Å². The van der Waals surface area contributed by atoms with Gasteiger partial charge in [0.2, 0.25) is 0 Å². The molecule has 0 N–H and O–H groups in total. The van der Waals surface area contributed by atoms with E-state index in [4.69, 9.17) is 5.26 Å². The number of hydrogen-bond acceptors (Lipinski definition) is 4. The van der Waals surface area contributed by atoms with Crippen LogP contribution in [0.5, 0.6) is 0 Å². The lowest BCUT2D eigenvalue weighted by Gasteiger charge is -2.27. The van der Waals surface area contributed by atoms with Crippen LogP contribution in [0.25, 0.3) is 0 Å². The minimum Gasteiger partial charge on any atom is -0.337 e. The summed E-state index contributed by atoms with van der Waals surface area (Å²) < 4.78 is 27.7. The quantitative estimate of drug-likeness (QED) is 0.789. The Balaban J connectivity index is 2.20. The molecular formula is C11H16N4O2S. The van der Waals surface area contributed by atoms with E-state index in [0.717, 1.165) is 0 Å².